The second-order valence-electron chi connectivity index (χ2n) is 5.06. The van der Waals surface area contributed by atoms with Gasteiger partial charge >= 0.3 is 6.18 Å². The van der Waals surface area contributed by atoms with Crippen molar-refractivity contribution in [1.82, 2.24) is 5.32 Å². The quantitative estimate of drug-likeness (QED) is 0.831. The molecule has 6 heteroatoms. The van der Waals surface area contributed by atoms with Crippen LogP contribution < -0.4 is 10.2 Å². The first-order valence-corrected chi connectivity index (χ1v) is 7.52. The maximum atomic E-state index is 12.5. The summed E-state index contributed by atoms with van der Waals surface area (Å²) >= 11 is 3.45. The molecule has 1 aliphatic carbocycles. The molecule has 0 atom stereocenters. The SMILES string of the molecule is CCN(CC(F)(F)F)c1ccc(CNC2CC2)c(Br)c1. The number of benzene rings is 1. The number of anilines is 1. The van der Waals surface area contributed by atoms with Gasteiger partial charge in [0, 0.05) is 29.3 Å². The smallest absolute Gasteiger partial charge is 0.363 e. The van der Waals surface area contributed by atoms with Crippen LogP contribution in [0.4, 0.5) is 18.9 Å². The summed E-state index contributed by atoms with van der Waals surface area (Å²) in [6.45, 7) is 1.88. The average Bonchev–Trinajstić information content (AvgIpc) is 3.17. The van der Waals surface area contributed by atoms with Gasteiger partial charge in [-0.05, 0) is 37.5 Å². The van der Waals surface area contributed by atoms with Crippen molar-refractivity contribution < 1.29 is 13.2 Å². The summed E-state index contributed by atoms with van der Waals surface area (Å²) in [7, 11) is 0. The largest absolute Gasteiger partial charge is 0.405 e. The van der Waals surface area contributed by atoms with Crippen molar-refractivity contribution in [3.8, 4) is 0 Å². The monoisotopic (exact) mass is 350 g/mol. The van der Waals surface area contributed by atoms with Crippen LogP contribution in [0.2, 0.25) is 0 Å². The molecule has 0 heterocycles. The van der Waals surface area contributed by atoms with Gasteiger partial charge in [0.2, 0.25) is 0 Å². The van der Waals surface area contributed by atoms with E-state index in [4.69, 9.17) is 0 Å². The van der Waals surface area contributed by atoms with E-state index in [2.05, 4.69) is 21.2 Å². The lowest BCUT2D eigenvalue weighted by atomic mass is 10.2. The summed E-state index contributed by atoms with van der Waals surface area (Å²) in [4.78, 5) is 1.32. The molecule has 1 aromatic carbocycles. The Balaban J connectivity index is 2.05. The van der Waals surface area contributed by atoms with Crippen molar-refractivity contribution in [1.29, 1.82) is 0 Å². The molecule has 1 aromatic rings. The Labute approximate surface area is 125 Å². The van der Waals surface area contributed by atoms with Gasteiger partial charge in [-0.25, -0.2) is 0 Å². The van der Waals surface area contributed by atoms with E-state index >= 15 is 0 Å². The molecular weight excluding hydrogens is 333 g/mol. The molecule has 20 heavy (non-hydrogen) atoms. The second-order valence-corrected chi connectivity index (χ2v) is 5.91. The molecule has 0 saturated heterocycles. The summed E-state index contributed by atoms with van der Waals surface area (Å²) in [5, 5.41) is 3.39. The number of nitrogens with zero attached hydrogens (tertiary/aromatic N) is 1. The van der Waals surface area contributed by atoms with E-state index in [1.807, 2.05) is 6.07 Å². The zero-order valence-corrected chi connectivity index (χ0v) is 12.9. The average molecular weight is 351 g/mol. The van der Waals surface area contributed by atoms with Crippen molar-refractivity contribution in [3.63, 3.8) is 0 Å². The second kappa shape index (κ2) is 6.35. The van der Waals surface area contributed by atoms with Crippen molar-refractivity contribution in [2.24, 2.45) is 0 Å². The molecule has 0 spiro atoms. The standard InChI is InChI=1S/C14H18BrF3N2/c1-2-20(9-14(16,17)18)12-6-3-10(13(15)7-12)8-19-11-4-5-11/h3,6-7,11,19H,2,4-5,8-9H2,1H3. The maximum Gasteiger partial charge on any atom is 0.405 e. The van der Waals surface area contributed by atoms with Gasteiger partial charge in [-0.1, -0.05) is 22.0 Å². The van der Waals surface area contributed by atoms with Gasteiger partial charge in [-0.15, -0.1) is 0 Å². The fourth-order valence-electron chi connectivity index (χ4n) is 2.02. The van der Waals surface area contributed by atoms with Crippen LogP contribution >= 0.6 is 15.9 Å². The normalized spacial score (nSPS) is 15.4. The molecule has 0 unspecified atom stereocenters. The summed E-state index contributed by atoms with van der Waals surface area (Å²) < 4.78 is 38.4. The summed E-state index contributed by atoms with van der Waals surface area (Å²) in [5.74, 6) is 0. The summed E-state index contributed by atoms with van der Waals surface area (Å²) in [6, 6.07) is 6.01. The van der Waals surface area contributed by atoms with Crippen LogP contribution in [0.5, 0.6) is 0 Å². The first-order valence-electron chi connectivity index (χ1n) is 6.72. The van der Waals surface area contributed by atoms with E-state index in [1.54, 1.807) is 19.1 Å². The molecule has 1 fully saturated rings. The topological polar surface area (TPSA) is 15.3 Å². The number of nitrogens with one attached hydrogen (secondary N) is 1. The minimum atomic E-state index is -4.19. The van der Waals surface area contributed by atoms with Crippen molar-refractivity contribution in [2.45, 2.75) is 38.5 Å². The van der Waals surface area contributed by atoms with Crippen LogP contribution in [-0.4, -0.2) is 25.3 Å². The lowest BCUT2D eigenvalue weighted by Gasteiger charge is -2.25. The molecule has 1 N–H and O–H groups in total. The molecule has 0 aliphatic heterocycles. The molecule has 2 nitrogen and oxygen atoms in total. The van der Waals surface area contributed by atoms with Crippen LogP contribution in [0.1, 0.15) is 25.3 Å². The van der Waals surface area contributed by atoms with Gasteiger partial charge in [-0.2, -0.15) is 13.2 Å². The van der Waals surface area contributed by atoms with Crippen molar-refractivity contribution in [2.75, 3.05) is 18.0 Å². The Morgan fingerprint density at radius 1 is 1.35 bits per heavy atom. The highest BCUT2D eigenvalue weighted by Gasteiger charge is 2.30. The number of halogens is 4. The number of hydrogen-bond acceptors (Lipinski definition) is 2. The Bertz CT molecular complexity index is 458. The zero-order chi connectivity index (χ0) is 14.8. The van der Waals surface area contributed by atoms with Crippen LogP contribution in [0.25, 0.3) is 0 Å². The highest BCUT2D eigenvalue weighted by Crippen LogP contribution is 2.28. The van der Waals surface area contributed by atoms with Gasteiger partial charge in [0.15, 0.2) is 0 Å². The number of rotatable bonds is 6. The summed E-state index contributed by atoms with van der Waals surface area (Å²) in [6.07, 6.45) is -1.76. The lowest BCUT2D eigenvalue weighted by molar-refractivity contribution is -0.119. The van der Waals surface area contributed by atoms with E-state index in [-0.39, 0.29) is 0 Å². The first kappa shape index (κ1) is 15.6. The molecule has 0 bridgehead atoms. The highest BCUT2D eigenvalue weighted by atomic mass is 79.9. The van der Waals surface area contributed by atoms with Crippen LogP contribution in [0.3, 0.4) is 0 Å². The Morgan fingerprint density at radius 2 is 2.05 bits per heavy atom. The van der Waals surface area contributed by atoms with Gasteiger partial charge in [0.05, 0.1) is 0 Å². The molecule has 112 valence electrons. The fourth-order valence-corrected chi connectivity index (χ4v) is 2.53. The predicted octanol–water partition coefficient (Wildman–Crippen LogP) is 4.09. The molecule has 2 rings (SSSR count). The van der Waals surface area contributed by atoms with E-state index < -0.39 is 12.7 Å². The van der Waals surface area contributed by atoms with Crippen LogP contribution in [-0.2, 0) is 6.54 Å². The minimum absolute atomic E-state index is 0.325. The first-order chi connectivity index (χ1) is 9.39. The Kier molecular flexibility index (Phi) is 4.96. The fraction of sp³-hybridized carbons (Fsp3) is 0.571. The van der Waals surface area contributed by atoms with Gasteiger partial charge in [0.25, 0.3) is 0 Å². The molecule has 1 aliphatic rings. The van der Waals surface area contributed by atoms with Crippen molar-refractivity contribution in [3.05, 3.63) is 28.2 Å². The van der Waals surface area contributed by atoms with E-state index in [1.165, 1.54) is 17.7 Å². The van der Waals surface area contributed by atoms with Crippen molar-refractivity contribution >= 4 is 21.6 Å². The van der Waals surface area contributed by atoms with Crippen LogP contribution in [0, 0.1) is 0 Å². The third-order valence-electron chi connectivity index (χ3n) is 3.31. The van der Waals surface area contributed by atoms with E-state index in [0.29, 0.717) is 18.3 Å². The van der Waals surface area contributed by atoms with E-state index in [0.717, 1.165) is 16.6 Å². The third kappa shape index (κ3) is 4.66. The molecule has 1 saturated carbocycles. The molecule has 0 aromatic heterocycles. The van der Waals surface area contributed by atoms with E-state index in [9.17, 15) is 13.2 Å². The van der Waals surface area contributed by atoms with Gasteiger partial charge in [0.1, 0.15) is 6.54 Å². The predicted molar refractivity (Wildman–Crippen MR) is 77.9 cm³/mol. The zero-order valence-electron chi connectivity index (χ0n) is 11.3. The molecule has 0 amide bonds. The highest BCUT2D eigenvalue weighted by molar-refractivity contribution is 9.10. The molecular formula is C14H18BrF3N2. The maximum absolute atomic E-state index is 12.5. The van der Waals surface area contributed by atoms with Gasteiger partial charge in [-0.3, -0.25) is 0 Å². The minimum Gasteiger partial charge on any atom is -0.363 e. The lowest BCUT2D eigenvalue weighted by Crippen LogP contribution is -2.34. The Morgan fingerprint density at radius 3 is 2.55 bits per heavy atom. The van der Waals surface area contributed by atoms with Crippen LogP contribution in [0.15, 0.2) is 22.7 Å². The summed E-state index contributed by atoms with van der Waals surface area (Å²) in [5.41, 5.74) is 1.66. The Hall–Kier alpha value is -0.750. The number of alkyl halides is 3. The molecule has 0 radical (unpaired) electrons. The van der Waals surface area contributed by atoms with Gasteiger partial charge < -0.3 is 10.2 Å². The number of hydrogen-bond donors (Lipinski definition) is 1. The third-order valence-corrected chi connectivity index (χ3v) is 4.05.